The van der Waals surface area contributed by atoms with Gasteiger partial charge in [0.2, 0.25) is 23.6 Å². The highest BCUT2D eigenvalue weighted by atomic mass is 35.5. The average molecular weight is 1010 g/mol. The number of carbonyl (C=O) groups excluding carboxylic acids is 4. The van der Waals surface area contributed by atoms with E-state index in [4.69, 9.17) is 21.3 Å². The molecule has 0 aliphatic carbocycles. The molecule has 5 atom stereocenters. The maximum atomic E-state index is 14.2. The number of thiazole rings is 1. The molecule has 0 unspecified atom stereocenters. The Morgan fingerprint density at radius 1 is 0.929 bits per heavy atom. The quantitative estimate of drug-likeness (QED) is 0.0973. The van der Waals surface area contributed by atoms with E-state index in [1.165, 1.54) is 9.78 Å². The van der Waals surface area contributed by atoms with Gasteiger partial charge in [0.25, 0.3) is 0 Å². The zero-order chi connectivity index (χ0) is 50.0. The topological polar surface area (TPSA) is 187 Å². The molecule has 2 saturated heterocycles. The van der Waals surface area contributed by atoms with E-state index in [2.05, 4.69) is 49.1 Å². The summed E-state index contributed by atoms with van der Waals surface area (Å²) >= 11 is 9.53. The largest absolute Gasteiger partial charge is 0.391 e. The first-order valence-electron chi connectivity index (χ1n) is 23.9. The first-order chi connectivity index (χ1) is 33.4. The lowest BCUT2D eigenvalue weighted by atomic mass is 9.85. The van der Waals surface area contributed by atoms with E-state index in [0.717, 1.165) is 54.9 Å². The zero-order valence-corrected chi connectivity index (χ0v) is 43.5. The van der Waals surface area contributed by atoms with Gasteiger partial charge in [-0.15, -0.1) is 32.9 Å². The minimum atomic E-state index is -0.940. The highest BCUT2D eigenvalue weighted by Crippen LogP contribution is 2.40. The summed E-state index contributed by atoms with van der Waals surface area (Å²) < 4.78 is 7.97. The standard InChI is InChI=1S/C51H63ClN10O6S2/c1-29-32(4)70-50-43(29)44(35-13-15-37(52)16-14-35)55-39(47-58-57-33(5)62(47)50)26-42(65)60-20-18-59(19-21-60)22-24-68-23-17-41(64)56-46(51(6,7)8)49(67)61-27-38(63)25-40(61)48(66)54-30(2)34-9-11-36(12-10-34)45-31(3)53-28-69-45/h9-16,28,30,38-40,46,63H,17-27H2,1-8H3,(H,54,66)(H,56,64)/t30-,38+,39-,40-,46+/m0/s1. The van der Waals surface area contributed by atoms with Gasteiger partial charge in [-0.05, 0) is 68.9 Å². The number of carbonyl (C=O) groups is 4. The van der Waals surface area contributed by atoms with Crippen LogP contribution in [0.25, 0.3) is 15.4 Å². The second kappa shape index (κ2) is 21.5. The number of benzene rings is 2. The van der Waals surface area contributed by atoms with Crippen molar-refractivity contribution in [2.75, 3.05) is 52.5 Å². The lowest BCUT2D eigenvalue weighted by Crippen LogP contribution is -2.58. The fourth-order valence-electron chi connectivity index (χ4n) is 9.36. The lowest BCUT2D eigenvalue weighted by Gasteiger charge is -2.35. The number of nitrogens with zero attached hydrogens (tertiary/aromatic N) is 8. The van der Waals surface area contributed by atoms with Gasteiger partial charge in [-0.3, -0.25) is 33.6 Å². The van der Waals surface area contributed by atoms with Crippen LogP contribution in [0.1, 0.15) is 104 Å². The fraction of sp³-hybridized carbons (Fsp3) is 0.490. The average Bonchev–Trinajstić information content (AvgIpc) is 4.10. The number of aryl methyl sites for hydroxylation is 3. The number of hydrogen-bond acceptors (Lipinski definition) is 13. The second-order valence-electron chi connectivity index (χ2n) is 19.6. The Labute approximate surface area is 422 Å². The molecule has 3 aliphatic rings. The van der Waals surface area contributed by atoms with E-state index in [9.17, 15) is 24.3 Å². The summed E-state index contributed by atoms with van der Waals surface area (Å²) in [5.41, 5.74) is 7.93. The van der Waals surface area contributed by atoms with Crippen molar-refractivity contribution in [1.82, 2.24) is 45.1 Å². The van der Waals surface area contributed by atoms with Gasteiger partial charge in [0.15, 0.2) is 5.82 Å². The van der Waals surface area contributed by atoms with Crippen molar-refractivity contribution < 1.29 is 29.0 Å². The van der Waals surface area contributed by atoms with Crippen molar-refractivity contribution in [3.63, 3.8) is 0 Å². The van der Waals surface area contributed by atoms with Crippen LogP contribution in [0.5, 0.6) is 0 Å². The number of amides is 4. The number of hydrogen-bond donors (Lipinski definition) is 3. The molecular weight excluding hydrogens is 948 g/mol. The van der Waals surface area contributed by atoms with Crippen molar-refractivity contribution in [1.29, 1.82) is 0 Å². The Hall–Kier alpha value is -5.37. The number of aliphatic hydroxyl groups excluding tert-OH is 1. The summed E-state index contributed by atoms with van der Waals surface area (Å²) in [4.78, 5) is 72.6. The van der Waals surface area contributed by atoms with Gasteiger partial charge in [0, 0.05) is 73.1 Å². The molecule has 0 radical (unpaired) electrons. The van der Waals surface area contributed by atoms with Crippen LogP contribution in [0, 0.1) is 33.1 Å². The van der Waals surface area contributed by atoms with Crippen molar-refractivity contribution in [2.24, 2.45) is 10.4 Å². The maximum Gasteiger partial charge on any atom is 0.246 e. The van der Waals surface area contributed by atoms with E-state index in [1.807, 2.05) is 100 Å². The minimum absolute atomic E-state index is 0.00179. The normalized spacial score (nSPS) is 19.2. The van der Waals surface area contributed by atoms with Gasteiger partial charge in [0.05, 0.1) is 53.6 Å². The molecule has 4 amide bonds. The third-order valence-corrected chi connectivity index (χ3v) is 16.0. The SMILES string of the molecule is Cc1ncsc1-c1ccc([C@H](C)NC(=O)[C@@H]2C[C@@H](O)CN2C(=O)[C@@H](NC(=O)CCOCCN2CCN(C(=O)C[C@@H]3N=C(c4ccc(Cl)cc4)c4c(sc(C)c4C)-n4c(C)nnc43)CC2)C(C)(C)C)cc1. The molecule has 6 heterocycles. The van der Waals surface area contributed by atoms with Crippen LogP contribution in [0.4, 0.5) is 0 Å². The number of rotatable bonds is 15. The Morgan fingerprint density at radius 2 is 1.63 bits per heavy atom. The number of piperazine rings is 1. The maximum absolute atomic E-state index is 14.2. The molecular formula is C51H63ClN10O6S2. The predicted octanol–water partition coefficient (Wildman–Crippen LogP) is 6.54. The number of aliphatic imine (C=N–C) groups is 1. The van der Waals surface area contributed by atoms with Crippen molar-refractivity contribution >= 4 is 63.6 Å². The predicted molar refractivity (Wildman–Crippen MR) is 273 cm³/mol. The van der Waals surface area contributed by atoms with E-state index >= 15 is 0 Å². The highest BCUT2D eigenvalue weighted by Gasteiger charge is 2.45. The summed E-state index contributed by atoms with van der Waals surface area (Å²) in [5.74, 6) is 0.258. The minimum Gasteiger partial charge on any atom is -0.391 e. The number of halogens is 1. The van der Waals surface area contributed by atoms with Crippen molar-refractivity contribution in [2.45, 2.75) is 105 Å². The number of β-amino-alcohol motifs (C(OH)–C–C–N with tert-alkyl or cyclic N) is 1. The Morgan fingerprint density at radius 3 is 2.30 bits per heavy atom. The molecule has 3 aromatic heterocycles. The molecule has 2 aromatic carbocycles. The van der Waals surface area contributed by atoms with Gasteiger partial charge in [-0.2, -0.15) is 0 Å². The molecule has 0 bridgehead atoms. The molecule has 0 spiro atoms. The third-order valence-electron chi connectivity index (χ3n) is 13.5. The summed E-state index contributed by atoms with van der Waals surface area (Å²) in [5, 5.41) is 27.3. The van der Waals surface area contributed by atoms with Crippen molar-refractivity contribution in [3.8, 4) is 15.4 Å². The number of fused-ring (bicyclic) bond motifs is 3. The molecule has 3 aliphatic heterocycles. The second-order valence-corrected chi connectivity index (χ2v) is 22.1. The van der Waals surface area contributed by atoms with Crippen LogP contribution in [0.2, 0.25) is 5.02 Å². The van der Waals surface area contributed by atoms with Gasteiger partial charge >= 0.3 is 0 Å². The van der Waals surface area contributed by atoms with E-state index in [1.54, 1.807) is 22.7 Å². The summed E-state index contributed by atoms with van der Waals surface area (Å²) in [6.45, 7) is 19.2. The number of aromatic nitrogens is 4. The van der Waals surface area contributed by atoms with Gasteiger partial charge in [-0.1, -0.05) is 68.8 Å². The molecule has 19 heteroatoms. The molecule has 70 heavy (non-hydrogen) atoms. The Kier molecular flexibility index (Phi) is 15.7. The number of nitrogens with one attached hydrogen (secondary N) is 2. The zero-order valence-electron chi connectivity index (χ0n) is 41.1. The van der Waals surface area contributed by atoms with Crippen LogP contribution < -0.4 is 10.6 Å². The van der Waals surface area contributed by atoms with Gasteiger partial charge in [-0.25, -0.2) is 4.98 Å². The molecule has 16 nitrogen and oxygen atoms in total. The number of likely N-dealkylation sites (tertiary alicyclic amines) is 1. The van der Waals surface area contributed by atoms with Gasteiger partial charge in [0.1, 0.15) is 29.0 Å². The molecule has 372 valence electrons. The number of thiophene rings is 1. The Bertz CT molecular complexity index is 2740. The van der Waals surface area contributed by atoms with Crippen LogP contribution in [-0.4, -0.2) is 140 Å². The lowest BCUT2D eigenvalue weighted by molar-refractivity contribution is -0.144. The molecule has 0 saturated carbocycles. The fourth-order valence-corrected chi connectivity index (χ4v) is 11.5. The van der Waals surface area contributed by atoms with Crippen molar-refractivity contribution in [3.05, 3.63) is 104 Å². The number of ether oxygens (including phenoxy) is 1. The summed E-state index contributed by atoms with van der Waals surface area (Å²) in [7, 11) is 0. The van der Waals surface area contributed by atoms with Crippen LogP contribution in [0.15, 0.2) is 59.0 Å². The number of aliphatic hydroxyl groups is 1. The highest BCUT2D eigenvalue weighted by molar-refractivity contribution is 7.15. The Balaban J connectivity index is 0.797. The third kappa shape index (κ3) is 11.2. The first-order valence-corrected chi connectivity index (χ1v) is 26.0. The molecule has 3 N–H and O–H groups in total. The van der Waals surface area contributed by atoms with Crippen LogP contribution in [0.3, 0.4) is 0 Å². The van der Waals surface area contributed by atoms with E-state index in [0.29, 0.717) is 50.2 Å². The summed E-state index contributed by atoms with van der Waals surface area (Å²) in [6, 6.07) is 12.9. The smallest absolute Gasteiger partial charge is 0.246 e. The summed E-state index contributed by atoms with van der Waals surface area (Å²) in [6.07, 6.45) is -0.591. The van der Waals surface area contributed by atoms with E-state index in [-0.39, 0.29) is 56.2 Å². The molecule has 8 rings (SSSR count). The first kappa shape index (κ1) is 51.0. The monoisotopic (exact) mass is 1010 g/mol. The molecule has 2 fully saturated rings. The van der Waals surface area contributed by atoms with E-state index < -0.39 is 35.6 Å². The molecule has 5 aromatic rings. The van der Waals surface area contributed by atoms with Gasteiger partial charge < -0.3 is 30.3 Å². The van der Waals surface area contributed by atoms with Crippen LogP contribution in [-0.2, 0) is 23.9 Å². The van der Waals surface area contributed by atoms with Crippen LogP contribution >= 0.6 is 34.3 Å².